The molecule has 0 saturated heterocycles. The Morgan fingerprint density at radius 2 is 1.71 bits per heavy atom. The number of halogens is 1. The summed E-state index contributed by atoms with van der Waals surface area (Å²) in [7, 11) is 0. The van der Waals surface area contributed by atoms with E-state index in [1.54, 1.807) is 0 Å². The van der Waals surface area contributed by atoms with Gasteiger partial charge in [0.25, 0.3) is 0 Å². The number of rotatable bonds is 10. The van der Waals surface area contributed by atoms with E-state index in [1.165, 1.54) is 32.1 Å². The van der Waals surface area contributed by atoms with E-state index in [0.717, 1.165) is 26.1 Å². The summed E-state index contributed by atoms with van der Waals surface area (Å²) in [6, 6.07) is 0. The molecule has 1 aliphatic carbocycles. The molecule has 0 bridgehead atoms. The molecule has 0 radical (unpaired) electrons. The third-order valence-electron chi connectivity index (χ3n) is 3.27. The van der Waals surface area contributed by atoms with Crippen molar-refractivity contribution in [2.75, 3.05) is 13.2 Å². The van der Waals surface area contributed by atoms with Crippen molar-refractivity contribution in [3.05, 3.63) is 0 Å². The largest absolute Gasteiger partial charge is 0.375 e. The first kappa shape index (κ1) is 15.3. The Bertz CT molecular complexity index is 187. The molecule has 0 aromatic heterocycles. The molecule has 3 heteroatoms. The summed E-state index contributed by atoms with van der Waals surface area (Å²) >= 11 is 6.12. The standard InChI is InChI=1S/C14H27ClO2/c1-3-5-6-7-8-10-16-13-11-12(15)14(13)17-9-4-2/h12-14H,3-11H2,1-2H3. The van der Waals surface area contributed by atoms with Crippen molar-refractivity contribution in [1.29, 1.82) is 0 Å². The van der Waals surface area contributed by atoms with Gasteiger partial charge >= 0.3 is 0 Å². The number of hydrogen-bond acceptors (Lipinski definition) is 2. The second-order valence-corrected chi connectivity index (χ2v) is 5.47. The zero-order valence-electron chi connectivity index (χ0n) is 11.3. The Labute approximate surface area is 111 Å². The molecule has 2 nitrogen and oxygen atoms in total. The van der Waals surface area contributed by atoms with Crippen molar-refractivity contribution in [1.82, 2.24) is 0 Å². The lowest BCUT2D eigenvalue weighted by molar-refractivity contribution is -0.124. The maximum absolute atomic E-state index is 6.12. The lowest BCUT2D eigenvalue weighted by Crippen LogP contribution is -2.51. The molecular formula is C14H27ClO2. The molecule has 0 spiro atoms. The summed E-state index contributed by atoms with van der Waals surface area (Å²) in [6.07, 6.45) is 8.80. The van der Waals surface area contributed by atoms with Gasteiger partial charge in [-0.3, -0.25) is 0 Å². The van der Waals surface area contributed by atoms with E-state index in [-0.39, 0.29) is 17.6 Å². The van der Waals surface area contributed by atoms with Crippen molar-refractivity contribution in [2.24, 2.45) is 0 Å². The Balaban J connectivity index is 1.99. The van der Waals surface area contributed by atoms with Gasteiger partial charge in [-0.1, -0.05) is 39.5 Å². The number of alkyl halides is 1. The van der Waals surface area contributed by atoms with Crippen LogP contribution in [0, 0.1) is 0 Å². The van der Waals surface area contributed by atoms with Crippen LogP contribution in [0.3, 0.4) is 0 Å². The first-order chi connectivity index (χ1) is 8.29. The Morgan fingerprint density at radius 1 is 0.941 bits per heavy atom. The van der Waals surface area contributed by atoms with Gasteiger partial charge in [-0.2, -0.15) is 0 Å². The van der Waals surface area contributed by atoms with Crippen molar-refractivity contribution in [3.8, 4) is 0 Å². The third kappa shape index (κ3) is 5.58. The van der Waals surface area contributed by atoms with Crippen LogP contribution in [0.25, 0.3) is 0 Å². The summed E-state index contributed by atoms with van der Waals surface area (Å²) in [5.41, 5.74) is 0. The van der Waals surface area contributed by atoms with Gasteiger partial charge in [-0.15, -0.1) is 11.6 Å². The second-order valence-electron chi connectivity index (χ2n) is 4.91. The molecule has 3 unspecified atom stereocenters. The quantitative estimate of drug-likeness (QED) is 0.435. The van der Waals surface area contributed by atoms with Gasteiger partial charge < -0.3 is 9.47 Å². The first-order valence-corrected chi connectivity index (χ1v) is 7.60. The van der Waals surface area contributed by atoms with Crippen molar-refractivity contribution >= 4 is 11.6 Å². The molecule has 1 aliphatic rings. The Morgan fingerprint density at radius 3 is 2.35 bits per heavy atom. The van der Waals surface area contributed by atoms with E-state index in [1.807, 2.05) is 0 Å². The molecule has 0 aliphatic heterocycles. The molecule has 0 amide bonds. The molecule has 0 aromatic carbocycles. The van der Waals surface area contributed by atoms with Gasteiger partial charge in [0.2, 0.25) is 0 Å². The van der Waals surface area contributed by atoms with Gasteiger partial charge in [-0.05, 0) is 19.3 Å². The SMILES string of the molecule is CCCCCCCOC1CC(Cl)C1OCCC. The lowest BCUT2D eigenvalue weighted by atomic mass is 9.91. The second kappa shape index (κ2) is 9.18. The molecule has 1 saturated carbocycles. The van der Waals surface area contributed by atoms with E-state index in [4.69, 9.17) is 21.1 Å². The van der Waals surface area contributed by atoms with Crippen LogP contribution >= 0.6 is 11.6 Å². The van der Waals surface area contributed by atoms with E-state index in [0.29, 0.717) is 0 Å². The van der Waals surface area contributed by atoms with Gasteiger partial charge in [0.05, 0.1) is 11.5 Å². The molecule has 0 aromatic rings. The minimum Gasteiger partial charge on any atom is -0.375 e. The predicted molar refractivity (Wildman–Crippen MR) is 72.8 cm³/mol. The van der Waals surface area contributed by atoms with Crippen LogP contribution in [-0.4, -0.2) is 30.8 Å². The smallest absolute Gasteiger partial charge is 0.100 e. The van der Waals surface area contributed by atoms with Crippen LogP contribution in [0.1, 0.15) is 58.8 Å². The van der Waals surface area contributed by atoms with Crippen LogP contribution < -0.4 is 0 Å². The number of ether oxygens (including phenoxy) is 2. The number of unbranched alkanes of at least 4 members (excludes halogenated alkanes) is 4. The zero-order valence-corrected chi connectivity index (χ0v) is 12.0. The van der Waals surface area contributed by atoms with Crippen LogP contribution in [0.5, 0.6) is 0 Å². The van der Waals surface area contributed by atoms with E-state index in [9.17, 15) is 0 Å². The highest BCUT2D eigenvalue weighted by molar-refractivity contribution is 6.21. The maximum atomic E-state index is 6.12. The lowest BCUT2D eigenvalue weighted by Gasteiger charge is -2.40. The Kier molecular flexibility index (Phi) is 8.25. The monoisotopic (exact) mass is 262 g/mol. The highest BCUT2D eigenvalue weighted by atomic mass is 35.5. The molecule has 0 N–H and O–H groups in total. The molecule has 1 rings (SSSR count). The molecule has 102 valence electrons. The van der Waals surface area contributed by atoms with Crippen LogP contribution in [0.15, 0.2) is 0 Å². The third-order valence-corrected chi connectivity index (χ3v) is 3.70. The average Bonchev–Trinajstić information content (AvgIpc) is 2.32. The van der Waals surface area contributed by atoms with Gasteiger partial charge in [0.15, 0.2) is 0 Å². The molecule has 17 heavy (non-hydrogen) atoms. The van der Waals surface area contributed by atoms with Gasteiger partial charge in [0, 0.05) is 13.2 Å². The molecular weight excluding hydrogens is 236 g/mol. The first-order valence-electron chi connectivity index (χ1n) is 7.16. The highest BCUT2D eigenvalue weighted by Crippen LogP contribution is 2.32. The maximum Gasteiger partial charge on any atom is 0.100 e. The topological polar surface area (TPSA) is 18.5 Å². The van der Waals surface area contributed by atoms with Crippen molar-refractivity contribution in [2.45, 2.75) is 76.4 Å². The minimum absolute atomic E-state index is 0.132. The van der Waals surface area contributed by atoms with Crippen molar-refractivity contribution < 1.29 is 9.47 Å². The van der Waals surface area contributed by atoms with Crippen molar-refractivity contribution in [3.63, 3.8) is 0 Å². The molecule has 1 fully saturated rings. The summed E-state index contributed by atoms with van der Waals surface area (Å²) in [5, 5.41) is 0.159. The summed E-state index contributed by atoms with van der Waals surface area (Å²) < 4.78 is 11.5. The fraction of sp³-hybridized carbons (Fsp3) is 1.00. The van der Waals surface area contributed by atoms with Gasteiger partial charge in [-0.25, -0.2) is 0 Å². The zero-order chi connectivity index (χ0) is 12.5. The number of hydrogen-bond donors (Lipinski definition) is 0. The predicted octanol–water partition coefficient (Wildman–Crippen LogP) is 4.15. The summed E-state index contributed by atoms with van der Waals surface area (Å²) in [5.74, 6) is 0. The van der Waals surface area contributed by atoms with E-state index >= 15 is 0 Å². The summed E-state index contributed by atoms with van der Waals surface area (Å²) in [4.78, 5) is 0. The highest BCUT2D eigenvalue weighted by Gasteiger charge is 2.41. The Hall–Kier alpha value is 0.210. The van der Waals surface area contributed by atoms with Crippen LogP contribution in [0.4, 0.5) is 0 Å². The van der Waals surface area contributed by atoms with E-state index in [2.05, 4.69) is 13.8 Å². The minimum atomic E-state index is 0.132. The fourth-order valence-electron chi connectivity index (χ4n) is 2.10. The van der Waals surface area contributed by atoms with E-state index < -0.39 is 0 Å². The average molecular weight is 263 g/mol. The van der Waals surface area contributed by atoms with Gasteiger partial charge in [0.1, 0.15) is 6.10 Å². The van der Waals surface area contributed by atoms with Crippen LogP contribution in [0.2, 0.25) is 0 Å². The molecule has 3 atom stereocenters. The summed E-state index contributed by atoms with van der Waals surface area (Å²) in [6.45, 7) is 6.01. The molecule has 0 heterocycles. The normalized spacial score (nSPS) is 28.1. The fourth-order valence-corrected chi connectivity index (χ4v) is 2.51. The van der Waals surface area contributed by atoms with Crippen LogP contribution in [-0.2, 0) is 9.47 Å².